The highest BCUT2D eigenvalue weighted by Crippen LogP contribution is 2.15. The summed E-state index contributed by atoms with van der Waals surface area (Å²) in [5.74, 6) is 1.89. The summed E-state index contributed by atoms with van der Waals surface area (Å²) in [5.41, 5.74) is 0. The summed E-state index contributed by atoms with van der Waals surface area (Å²) in [6.07, 6.45) is 4.89. The van der Waals surface area contributed by atoms with Gasteiger partial charge in [-0.1, -0.05) is 45.4 Å². The second kappa shape index (κ2) is 13.6. The molecule has 0 nitrogen and oxygen atoms in total. The molecule has 110 valence electrons. The number of unbranched alkanes of at least 4 members (excludes halogenated alkanes) is 6. The van der Waals surface area contributed by atoms with Gasteiger partial charge in [0.25, 0.3) is 6.43 Å². The second-order valence-corrected chi connectivity index (χ2v) is 5.95. The van der Waals surface area contributed by atoms with Crippen molar-refractivity contribution in [2.24, 2.45) is 0 Å². The van der Waals surface area contributed by atoms with E-state index in [4.69, 9.17) is 0 Å². The lowest BCUT2D eigenvalue weighted by Gasteiger charge is -2.06. The molecule has 0 aromatic carbocycles. The Morgan fingerprint density at radius 1 is 0.778 bits per heavy atom. The van der Waals surface area contributed by atoms with Gasteiger partial charge in [0.15, 0.2) is 6.17 Å². The zero-order valence-electron chi connectivity index (χ0n) is 11.5. The first-order chi connectivity index (χ1) is 8.68. The van der Waals surface area contributed by atoms with E-state index in [-0.39, 0.29) is 6.42 Å². The molecule has 0 bridgehead atoms. The van der Waals surface area contributed by atoms with Crippen molar-refractivity contribution in [3.63, 3.8) is 0 Å². The minimum absolute atomic E-state index is 0.00167. The van der Waals surface area contributed by atoms with Crippen LogP contribution < -0.4 is 0 Å². The fourth-order valence-electron chi connectivity index (χ4n) is 1.77. The highest BCUT2D eigenvalue weighted by Gasteiger charge is 2.17. The van der Waals surface area contributed by atoms with E-state index >= 15 is 0 Å². The van der Waals surface area contributed by atoms with Gasteiger partial charge in [0.05, 0.1) is 0 Å². The Labute approximate surface area is 114 Å². The van der Waals surface area contributed by atoms with E-state index in [1.54, 1.807) is 11.8 Å². The number of thioether (sulfide) groups is 1. The third-order valence-electron chi connectivity index (χ3n) is 2.93. The molecule has 0 aliphatic heterocycles. The van der Waals surface area contributed by atoms with Gasteiger partial charge in [-0.2, -0.15) is 11.8 Å². The van der Waals surface area contributed by atoms with Crippen LogP contribution in [0.15, 0.2) is 0 Å². The van der Waals surface area contributed by atoms with E-state index in [0.29, 0.717) is 6.42 Å². The molecule has 0 fully saturated rings. The molecular weight excluding hydrogens is 257 g/mol. The summed E-state index contributed by atoms with van der Waals surface area (Å²) >= 11 is 1.76. The molecule has 0 radical (unpaired) electrons. The molecule has 0 rings (SSSR count). The molecular formula is C14H27F3S. The van der Waals surface area contributed by atoms with Crippen molar-refractivity contribution in [1.82, 2.24) is 0 Å². The van der Waals surface area contributed by atoms with Crippen LogP contribution in [0.3, 0.4) is 0 Å². The average Bonchev–Trinajstić information content (AvgIpc) is 2.35. The minimum Gasteiger partial charge on any atom is -0.241 e. The Balaban J connectivity index is 3.03. The van der Waals surface area contributed by atoms with Gasteiger partial charge in [0, 0.05) is 0 Å². The predicted molar refractivity (Wildman–Crippen MR) is 75.5 cm³/mol. The fourth-order valence-corrected chi connectivity index (χ4v) is 2.75. The SMILES string of the molecule is CCCCCCCCCSCCCC(F)C(F)F. The molecule has 0 aliphatic rings. The van der Waals surface area contributed by atoms with Gasteiger partial charge in [-0.15, -0.1) is 0 Å². The number of hydrogen-bond donors (Lipinski definition) is 0. The van der Waals surface area contributed by atoms with Crippen molar-refractivity contribution in [3.8, 4) is 0 Å². The molecule has 0 aromatic heterocycles. The molecule has 0 saturated carbocycles. The van der Waals surface area contributed by atoms with E-state index in [0.717, 1.165) is 11.5 Å². The van der Waals surface area contributed by atoms with Gasteiger partial charge >= 0.3 is 0 Å². The summed E-state index contributed by atoms with van der Waals surface area (Å²) < 4.78 is 36.2. The lowest BCUT2D eigenvalue weighted by atomic mass is 10.1. The average molecular weight is 284 g/mol. The predicted octanol–water partition coefficient (Wildman–Crippen LogP) is 5.85. The third kappa shape index (κ3) is 12.6. The zero-order valence-corrected chi connectivity index (χ0v) is 12.3. The molecule has 1 unspecified atom stereocenters. The Hall–Kier alpha value is 0.140. The number of halogens is 3. The van der Waals surface area contributed by atoms with Gasteiger partial charge in [-0.05, 0) is 30.8 Å². The van der Waals surface area contributed by atoms with Crippen molar-refractivity contribution >= 4 is 11.8 Å². The molecule has 0 heterocycles. The highest BCUT2D eigenvalue weighted by atomic mass is 32.2. The molecule has 0 aromatic rings. The smallest absolute Gasteiger partial charge is 0.241 e. The standard InChI is InChI=1S/C14H27F3S/c1-2-3-4-5-6-7-8-11-18-12-9-10-13(15)14(16)17/h13-14H,2-12H2,1H3. The number of alkyl halides is 3. The van der Waals surface area contributed by atoms with Crippen molar-refractivity contribution in [2.45, 2.75) is 77.3 Å². The highest BCUT2D eigenvalue weighted by molar-refractivity contribution is 7.99. The van der Waals surface area contributed by atoms with Crippen LogP contribution in [-0.2, 0) is 0 Å². The van der Waals surface area contributed by atoms with Gasteiger partial charge in [-0.3, -0.25) is 0 Å². The molecule has 18 heavy (non-hydrogen) atoms. The second-order valence-electron chi connectivity index (χ2n) is 4.73. The maximum atomic E-state index is 12.5. The fraction of sp³-hybridized carbons (Fsp3) is 1.00. The summed E-state index contributed by atoms with van der Waals surface area (Å²) in [4.78, 5) is 0. The van der Waals surface area contributed by atoms with Crippen LogP contribution in [0.1, 0.15) is 64.7 Å². The summed E-state index contributed by atoms with van der Waals surface area (Å²) in [7, 11) is 0. The molecule has 0 saturated heterocycles. The minimum atomic E-state index is -2.81. The lowest BCUT2D eigenvalue weighted by molar-refractivity contribution is 0.0452. The van der Waals surface area contributed by atoms with Crippen molar-refractivity contribution in [1.29, 1.82) is 0 Å². The molecule has 4 heteroatoms. The largest absolute Gasteiger partial charge is 0.269 e. The first kappa shape index (κ1) is 18.1. The summed E-state index contributed by atoms with van der Waals surface area (Å²) in [5, 5.41) is 0. The normalized spacial score (nSPS) is 13.2. The number of hydrogen-bond acceptors (Lipinski definition) is 1. The molecule has 0 N–H and O–H groups in total. The van der Waals surface area contributed by atoms with Gasteiger partial charge in [0.2, 0.25) is 0 Å². The maximum absolute atomic E-state index is 12.5. The Bertz CT molecular complexity index is 165. The maximum Gasteiger partial charge on any atom is 0.269 e. The molecule has 0 spiro atoms. The Morgan fingerprint density at radius 2 is 1.33 bits per heavy atom. The van der Waals surface area contributed by atoms with Crippen LogP contribution in [0.2, 0.25) is 0 Å². The van der Waals surface area contributed by atoms with Crippen LogP contribution in [0, 0.1) is 0 Å². The van der Waals surface area contributed by atoms with Crippen molar-refractivity contribution in [3.05, 3.63) is 0 Å². The van der Waals surface area contributed by atoms with E-state index in [1.807, 2.05) is 0 Å². The van der Waals surface area contributed by atoms with E-state index in [9.17, 15) is 13.2 Å². The van der Waals surface area contributed by atoms with E-state index in [2.05, 4.69) is 6.92 Å². The first-order valence-corrected chi connectivity index (χ1v) is 8.34. The van der Waals surface area contributed by atoms with Gasteiger partial charge < -0.3 is 0 Å². The van der Waals surface area contributed by atoms with Crippen LogP contribution >= 0.6 is 11.8 Å². The van der Waals surface area contributed by atoms with E-state index in [1.165, 1.54) is 44.9 Å². The van der Waals surface area contributed by atoms with Crippen LogP contribution in [0.5, 0.6) is 0 Å². The van der Waals surface area contributed by atoms with Gasteiger partial charge in [-0.25, -0.2) is 13.2 Å². The molecule has 1 atom stereocenters. The van der Waals surface area contributed by atoms with Crippen LogP contribution in [0.25, 0.3) is 0 Å². The molecule has 0 aliphatic carbocycles. The summed E-state index contributed by atoms with van der Waals surface area (Å²) in [6.45, 7) is 2.21. The first-order valence-electron chi connectivity index (χ1n) is 7.18. The summed E-state index contributed by atoms with van der Waals surface area (Å²) in [6, 6.07) is 0. The lowest BCUT2D eigenvalue weighted by Crippen LogP contribution is -2.11. The zero-order chi connectivity index (χ0) is 13.6. The van der Waals surface area contributed by atoms with Crippen molar-refractivity contribution in [2.75, 3.05) is 11.5 Å². The number of rotatable bonds is 13. The Kier molecular flexibility index (Phi) is 13.7. The monoisotopic (exact) mass is 284 g/mol. The Morgan fingerprint density at radius 3 is 1.94 bits per heavy atom. The van der Waals surface area contributed by atoms with Crippen molar-refractivity contribution < 1.29 is 13.2 Å². The van der Waals surface area contributed by atoms with Crippen LogP contribution in [-0.4, -0.2) is 24.1 Å². The topological polar surface area (TPSA) is 0 Å². The third-order valence-corrected chi connectivity index (χ3v) is 4.09. The molecule has 0 amide bonds. The quantitative estimate of drug-likeness (QED) is 0.382. The van der Waals surface area contributed by atoms with Crippen LogP contribution in [0.4, 0.5) is 13.2 Å². The van der Waals surface area contributed by atoms with Gasteiger partial charge in [0.1, 0.15) is 0 Å². The van der Waals surface area contributed by atoms with E-state index < -0.39 is 12.6 Å².